The molecule has 1 atom stereocenters. The van der Waals surface area contributed by atoms with Crippen LogP contribution >= 0.6 is 31.9 Å². The second-order valence-electron chi connectivity index (χ2n) is 5.25. The van der Waals surface area contributed by atoms with Gasteiger partial charge in [-0.05, 0) is 29.7 Å². The molecule has 1 heterocycles. The van der Waals surface area contributed by atoms with Crippen LogP contribution in [0.4, 0.5) is 5.69 Å². The van der Waals surface area contributed by atoms with Gasteiger partial charge in [0.2, 0.25) is 0 Å². The summed E-state index contributed by atoms with van der Waals surface area (Å²) in [5, 5.41) is 0.905. The molecule has 0 N–H and O–H groups in total. The molecule has 1 unspecified atom stereocenters. The van der Waals surface area contributed by atoms with Gasteiger partial charge in [-0.1, -0.05) is 68.3 Å². The van der Waals surface area contributed by atoms with Crippen molar-refractivity contribution >= 4 is 37.5 Å². The molecule has 0 bridgehead atoms. The van der Waals surface area contributed by atoms with Gasteiger partial charge >= 0.3 is 0 Å². The maximum Gasteiger partial charge on any atom is 0.0418 e. The molecule has 1 nitrogen and oxygen atoms in total. The van der Waals surface area contributed by atoms with E-state index in [-0.39, 0.29) is 0 Å². The van der Waals surface area contributed by atoms with Crippen molar-refractivity contribution in [2.45, 2.75) is 17.7 Å². The third kappa shape index (κ3) is 2.94. The van der Waals surface area contributed by atoms with Crippen LogP contribution in [-0.2, 0) is 5.33 Å². The Morgan fingerprint density at radius 1 is 1.10 bits per heavy atom. The van der Waals surface area contributed by atoms with Crippen molar-refractivity contribution in [1.29, 1.82) is 0 Å². The smallest absolute Gasteiger partial charge is 0.0418 e. The van der Waals surface area contributed by atoms with Crippen molar-refractivity contribution in [1.82, 2.24) is 0 Å². The first-order valence-electron chi connectivity index (χ1n) is 6.92. The number of benzene rings is 2. The van der Waals surface area contributed by atoms with E-state index in [1.165, 1.54) is 23.2 Å². The first-order valence-corrected chi connectivity index (χ1v) is 8.83. The number of hydrogen-bond acceptors (Lipinski definition) is 1. The molecule has 104 valence electrons. The summed E-state index contributed by atoms with van der Waals surface area (Å²) in [5.41, 5.74) is 4.18. The van der Waals surface area contributed by atoms with E-state index in [1.807, 2.05) is 0 Å². The SMILES string of the molecule is BrCc1ccc(Br)cc1N1CCC(c2ccccc2)C1. The zero-order chi connectivity index (χ0) is 13.9. The molecule has 3 rings (SSSR count). The fraction of sp³-hybridized carbons (Fsp3) is 0.294. The lowest BCUT2D eigenvalue weighted by Crippen LogP contribution is -2.20. The van der Waals surface area contributed by atoms with Crippen molar-refractivity contribution in [3.8, 4) is 0 Å². The van der Waals surface area contributed by atoms with E-state index in [4.69, 9.17) is 0 Å². The standard InChI is InChI=1S/C17H17Br2N/c18-11-14-6-7-16(19)10-17(14)20-9-8-15(12-20)13-4-2-1-3-5-13/h1-7,10,15H,8-9,11-12H2. The van der Waals surface area contributed by atoms with Gasteiger partial charge in [0.15, 0.2) is 0 Å². The van der Waals surface area contributed by atoms with Crippen molar-refractivity contribution < 1.29 is 0 Å². The molecule has 2 aromatic rings. The Morgan fingerprint density at radius 2 is 1.90 bits per heavy atom. The summed E-state index contributed by atoms with van der Waals surface area (Å²) in [5.74, 6) is 0.651. The van der Waals surface area contributed by atoms with Crippen LogP contribution in [0.2, 0.25) is 0 Å². The largest absolute Gasteiger partial charge is 0.371 e. The third-order valence-corrected chi connectivity index (χ3v) is 5.09. The predicted molar refractivity (Wildman–Crippen MR) is 92.8 cm³/mol. The van der Waals surface area contributed by atoms with E-state index in [9.17, 15) is 0 Å². The molecule has 0 saturated carbocycles. The topological polar surface area (TPSA) is 3.24 Å². The molecule has 2 aromatic carbocycles. The number of rotatable bonds is 3. The van der Waals surface area contributed by atoms with Crippen molar-refractivity contribution in [2.24, 2.45) is 0 Å². The van der Waals surface area contributed by atoms with E-state index < -0.39 is 0 Å². The van der Waals surface area contributed by atoms with Crippen LogP contribution in [0.3, 0.4) is 0 Å². The zero-order valence-corrected chi connectivity index (χ0v) is 14.4. The Labute approximate surface area is 137 Å². The van der Waals surface area contributed by atoms with Gasteiger partial charge in [0.1, 0.15) is 0 Å². The fourth-order valence-corrected chi connectivity index (χ4v) is 3.74. The normalized spacial score (nSPS) is 18.5. The van der Waals surface area contributed by atoms with E-state index in [0.717, 1.165) is 22.9 Å². The minimum atomic E-state index is 0.651. The molecule has 1 aliphatic rings. The average molecular weight is 395 g/mol. The Kier molecular flexibility index (Phi) is 4.47. The molecule has 1 fully saturated rings. The van der Waals surface area contributed by atoms with E-state index >= 15 is 0 Å². The van der Waals surface area contributed by atoms with Gasteiger partial charge < -0.3 is 4.90 Å². The Bertz CT molecular complexity index is 583. The van der Waals surface area contributed by atoms with Gasteiger partial charge in [-0.2, -0.15) is 0 Å². The Balaban J connectivity index is 1.82. The minimum Gasteiger partial charge on any atom is -0.371 e. The summed E-state index contributed by atoms with van der Waals surface area (Å²) < 4.78 is 1.15. The number of halogens is 2. The summed E-state index contributed by atoms with van der Waals surface area (Å²) in [7, 11) is 0. The van der Waals surface area contributed by atoms with E-state index in [2.05, 4.69) is 85.3 Å². The zero-order valence-electron chi connectivity index (χ0n) is 11.2. The summed E-state index contributed by atoms with van der Waals surface area (Å²) in [6.45, 7) is 2.25. The van der Waals surface area contributed by atoms with Gasteiger partial charge in [0, 0.05) is 34.5 Å². The molecular formula is C17H17Br2N. The third-order valence-electron chi connectivity index (χ3n) is 3.99. The number of hydrogen-bond donors (Lipinski definition) is 0. The predicted octanol–water partition coefficient (Wildman–Crippen LogP) is 5.34. The van der Waals surface area contributed by atoms with Gasteiger partial charge in [-0.25, -0.2) is 0 Å². The Morgan fingerprint density at radius 3 is 2.65 bits per heavy atom. The van der Waals surface area contributed by atoms with Crippen LogP contribution < -0.4 is 4.90 Å². The lowest BCUT2D eigenvalue weighted by atomic mass is 9.99. The van der Waals surface area contributed by atoms with Gasteiger partial charge in [-0.3, -0.25) is 0 Å². The lowest BCUT2D eigenvalue weighted by Gasteiger charge is -2.22. The lowest BCUT2D eigenvalue weighted by molar-refractivity contribution is 0.775. The molecule has 0 spiro atoms. The van der Waals surface area contributed by atoms with E-state index in [0.29, 0.717) is 5.92 Å². The quantitative estimate of drug-likeness (QED) is 0.635. The Hall–Kier alpha value is -0.800. The first kappa shape index (κ1) is 14.2. The monoisotopic (exact) mass is 393 g/mol. The molecule has 0 aliphatic carbocycles. The highest BCUT2D eigenvalue weighted by Gasteiger charge is 2.25. The molecule has 20 heavy (non-hydrogen) atoms. The molecule has 0 radical (unpaired) electrons. The number of alkyl halides is 1. The van der Waals surface area contributed by atoms with Crippen LogP contribution in [0.15, 0.2) is 53.0 Å². The van der Waals surface area contributed by atoms with Crippen molar-refractivity contribution in [3.63, 3.8) is 0 Å². The minimum absolute atomic E-state index is 0.651. The summed E-state index contributed by atoms with van der Waals surface area (Å²) in [6, 6.07) is 17.4. The first-order chi connectivity index (χ1) is 9.78. The number of anilines is 1. The summed E-state index contributed by atoms with van der Waals surface area (Å²) in [4.78, 5) is 2.51. The van der Waals surface area contributed by atoms with Crippen molar-refractivity contribution in [3.05, 3.63) is 64.1 Å². The van der Waals surface area contributed by atoms with Crippen LogP contribution in [0.1, 0.15) is 23.5 Å². The van der Waals surface area contributed by atoms with Gasteiger partial charge in [0.25, 0.3) is 0 Å². The average Bonchev–Trinajstić information content (AvgIpc) is 2.98. The highest BCUT2D eigenvalue weighted by molar-refractivity contribution is 9.10. The molecule has 3 heteroatoms. The molecule has 0 amide bonds. The summed E-state index contributed by atoms with van der Waals surface area (Å²) >= 11 is 7.19. The maximum absolute atomic E-state index is 3.60. The van der Waals surface area contributed by atoms with Gasteiger partial charge in [-0.15, -0.1) is 0 Å². The second kappa shape index (κ2) is 6.31. The van der Waals surface area contributed by atoms with E-state index in [1.54, 1.807) is 0 Å². The fourth-order valence-electron chi connectivity index (χ4n) is 2.92. The molecule has 0 aromatic heterocycles. The molecule has 1 saturated heterocycles. The van der Waals surface area contributed by atoms with Crippen LogP contribution in [-0.4, -0.2) is 13.1 Å². The van der Waals surface area contributed by atoms with Gasteiger partial charge in [0.05, 0.1) is 0 Å². The summed E-state index contributed by atoms with van der Waals surface area (Å²) in [6.07, 6.45) is 1.23. The second-order valence-corrected chi connectivity index (χ2v) is 6.73. The number of nitrogens with zero attached hydrogens (tertiary/aromatic N) is 1. The highest BCUT2D eigenvalue weighted by Crippen LogP contribution is 2.34. The van der Waals surface area contributed by atoms with Crippen LogP contribution in [0.25, 0.3) is 0 Å². The highest BCUT2D eigenvalue weighted by atomic mass is 79.9. The molecule has 1 aliphatic heterocycles. The van der Waals surface area contributed by atoms with Crippen LogP contribution in [0, 0.1) is 0 Å². The molecular weight excluding hydrogens is 378 g/mol. The van der Waals surface area contributed by atoms with Crippen molar-refractivity contribution in [2.75, 3.05) is 18.0 Å². The maximum atomic E-state index is 3.60. The van der Waals surface area contributed by atoms with Crippen LogP contribution in [0.5, 0.6) is 0 Å².